The number of carbonyl (C=O) groups excluding carboxylic acids is 1. The minimum Gasteiger partial charge on any atom is -0.332 e. The van der Waals surface area contributed by atoms with Gasteiger partial charge in [0.05, 0.1) is 0 Å². The van der Waals surface area contributed by atoms with Gasteiger partial charge in [0, 0.05) is 29.7 Å². The van der Waals surface area contributed by atoms with Gasteiger partial charge in [0.1, 0.15) is 0 Å². The zero-order valence-corrected chi connectivity index (χ0v) is 21.5. The van der Waals surface area contributed by atoms with Crippen LogP contribution in [-0.2, 0) is 5.41 Å². The number of rotatable bonds is 2. The SMILES string of the molecule is Cc1ccc(C23C[C@@H]4C[C@@H](CC(NC(=O)N5c6ccc(C)cc6[C@H]6CN(C)CC[C@@H]65)(C4)C2)C3)cc1. The van der Waals surface area contributed by atoms with Gasteiger partial charge in [-0.1, -0.05) is 47.5 Å². The Balaban J connectivity index is 1.21. The highest BCUT2D eigenvalue weighted by Crippen LogP contribution is 2.62. The number of likely N-dealkylation sites (N-methyl/N-ethyl adjacent to an activating group) is 1. The lowest BCUT2D eigenvalue weighted by atomic mass is 9.45. The lowest BCUT2D eigenvalue weighted by molar-refractivity contribution is -0.0347. The van der Waals surface area contributed by atoms with Gasteiger partial charge in [-0.3, -0.25) is 4.90 Å². The second kappa shape index (κ2) is 7.59. The van der Waals surface area contributed by atoms with E-state index in [1.165, 1.54) is 41.5 Å². The number of hydrogen-bond donors (Lipinski definition) is 1. The third kappa shape index (κ3) is 3.39. The molecule has 35 heavy (non-hydrogen) atoms. The summed E-state index contributed by atoms with van der Waals surface area (Å²) < 4.78 is 0. The Morgan fingerprint density at radius 3 is 2.43 bits per heavy atom. The van der Waals surface area contributed by atoms with Gasteiger partial charge in [-0.15, -0.1) is 0 Å². The van der Waals surface area contributed by atoms with Gasteiger partial charge in [-0.25, -0.2) is 4.79 Å². The number of hydrogen-bond acceptors (Lipinski definition) is 2. The first-order valence-corrected chi connectivity index (χ1v) is 13.8. The van der Waals surface area contributed by atoms with Crippen molar-refractivity contribution in [2.24, 2.45) is 11.8 Å². The number of carbonyl (C=O) groups is 1. The summed E-state index contributed by atoms with van der Waals surface area (Å²) in [6, 6.07) is 16.5. The van der Waals surface area contributed by atoms with Gasteiger partial charge in [-0.05, 0) is 107 Å². The number of urea groups is 1. The molecule has 6 aliphatic rings. The molecule has 6 atom stereocenters. The third-order valence-electron chi connectivity index (χ3n) is 10.3. The summed E-state index contributed by atoms with van der Waals surface area (Å²) >= 11 is 0. The van der Waals surface area contributed by atoms with Crippen LogP contribution < -0.4 is 10.2 Å². The van der Waals surface area contributed by atoms with Crippen molar-refractivity contribution in [1.82, 2.24) is 10.2 Å². The molecule has 4 heteroatoms. The van der Waals surface area contributed by atoms with Crippen molar-refractivity contribution in [3.63, 3.8) is 0 Å². The van der Waals surface area contributed by atoms with E-state index in [4.69, 9.17) is 0 Å². The fourth-order valence-corrected chi connectivity index (χ4v) is 9.29. The number of nitrogens with one attached hydrogen (secondary N) is 1. The maximum Gasteiger partial charge on any atom is 0.322 e. The van der Waals surface area contributed by atoms with E-state index in [0.29, 0.717) is 5.92 Å². The molecule has 2 aromatic rings. The summed E-state index contributed by atoms with van der Waals surface area (Å²) in [5.41, 5.74) is 6.83. The van der Waals surface area contributed by atoms with Crippen molar-refractivity contribution in [1.29, 1.82) is 0 Å². The molecular weight excluding hydrogens is 430 g/mol. The summed E-state index contributed by atoms with van der Waals surface area (Å²) in [4.78, 5) is 18.8. The molecule has 4 nitrogen and oxygen atoms in total. The first-order chi connectivity index (χ1) is 16.8. The smallest absolute Gasteiger partial charge is 0.322 e. The molecule has 1 saturated heterocycles. The number of fused-ring (bicyclic) bond motifs is 3. The van der Waals surface area contributed by atoms with E-state index in [1.54, 1.807) is 0 Å². The minimum absolute atomic E-state index is 0.0551. The lowest BCUT2D eigenvalue weighted by Gasteiger charge is -2.62. The summed E-state index contributed by atoms with van der Waals surface area (Å²) in [6.45, 7) is 6.45. The molecule has 184 valence electrons. The maximum absolute atomic E-state index is 14.2. The molecule has 1 N–H and O–H groups in total. The predicted octanol–water partition coefficient (Wildman–Crippen LogP) is 5.91. The zero-order chi connectivity index (χ0) is 23.9. The average Bonchev–Trinajstić information content (AvgIpc) is 3.11. The Labute approximate surface area is 210 Å². The van der Waals surface area contributed by atoms with Gasteiger partial charge in [-0.2, -0.15) is 0 Å². The molecule has 5 fully saturated rings. The molecule has 2 aliphatic heterocycles. The highest BCUT2D eigenvalue weighted by atomic mass is 16.2. The summed E-state index contributed by atoms with van der Waals surface area (Å²) in [5.74, 6) is 1.90. The highest BCUT2D eigenvalue weighted by Gasteiger charge is 2.59. The quantitative estimate of drug-likeness (QED) is 0.593. The third-order valence-corrected chi connectivity index (χ3v) is 10.3. The van der Waals surface area contributed by atoms with Crippen molar-refractivity contribution in [2.75, 3.05) is 25.0 Å². The Bertz CT molecular complexity index is 1160. The highest BCUT2D eigenvalue weighted by molar-refractivity contribution is 5.96. The van der Waals surface area contributed by atoms with Crippen LogP contribution >= 0.6 is 0 Å². The van der Waals surface area contributed by atoms with E-state index in [0.717, 1.165) is 56.3 Å². The second-order valence-electron chi connectivity index (χ2n) is 13.0. The van der Waals surface area contributed by atoms with Crippen LogP contribution in [-0.4, -0.2) is 42.6 Å². The Morgan fingerprint density at radius 1 is 0.971 bits per heavy atom. The molecule has 4 aliphatic carbocycles. The molecule has 2 heterocycles. The van der Waals surface area contributed by atoms with Gasteiger partial charge in [0.2, 0.25) is 0 Å². The van der Waals surface area contributed by atoms with E-state index in [2.05, 4.69) is 78.5 Å². The van der Waals surface area contributed by atoms with Gasteiger partial charge in [0.15, 0.2) is 0 Å². The standard InChI is InChI=1S/C31H39N3O/c1-20-4-7-24(8-5-20)30-14-22-13-23(15-30)17-31(16-22,19-30)32-29(35)34-27-9-6-21(2)12-25(27)26-18-33(3)11-10-28(26)34/h4-9,12,22-23,26,28H,10-11,13-19H2,1-3H3,(H,32,35)/t22-,23+,26-,28+,30?,31?/m1/s1. The Morgan fingerprint density at radius 2 is 1.69 bits per heavy atom. The Hall–Kier alpha value is -2.33. The number of amides is 2. The van der Waals surface area contributed by atoms with E-state index < -0.39 is 0 Å². The van der Waals surface area contributed by atoms with Crippen LogP contribution in [0.4, 0.5) is 10.5 Å². The molecule has 0 aromatic heterocycles. The minimum atomic E-state index is -0.0551. The largest absolute Gasteiger partial charge is 0.332 e. The fraction of sp³-hybridized carbons (Fsp3) is 0.581. The van der Waals surface area contributed by atoms with E-state index >= 15 is 0 Å². The lowest BCUT2D eigenvalue weighted by Crippen LogP contribution is -2.66. The Kier molecular flexibility index (Phi) is 4.75. The zero-order valence-electron chi connectivity index (χ0n) is 21.5. The number of piperidine rings is 1. The number of benzene rings is 2. The topological polar surface area (TPSA) is 35.6 Å². The van der Waals surface area contributed by atoms with Crippen LogP contribution in [0.5, 0.6) is 0 Å². The summed E-state index contributed by atoms with van der Waals surface area (Å²) in [6.07, 6.45) is 8.43. The van der Waals surface area contributed by atoms with Crippen molar-refractivity contribution in [3.05, 3.63) is 64.7 Å². The monoisotopic (exact) mass is 469 g/mol. The van der Waals surface area contributed by atoms with Crippen LogP contribution in [0.3, 0.4) is 0 Å². The first-order valence-electron chi connectivity index (χ1n) is 13.8. The maximum atomic E-state index is 14.2. The number of likely N-dealkylation sites (tertiary alicyclic amines) is 1. The first kappa shape index (κ1) is 21.9. The van der Waals surface area contributed by atoms with E-state index in [1.807, 2.05) is 0 Å². The molecular formula is C31H39N3O. The van der Waals surface area contributed by atoms with Crippen molar-refractivity contribution in [3.8, 4) is 0 Å². The molecule has 2 unspecified atom stereocenters. The molecule has 0 spiro atoms. The molecule has 4 saturated carbocycles. The summed E-state index contributed by atoms with van der Waals surface area (Å²) in [7, 11) is 2.22. The van der Waals surface area contributed by atoms with Crippen LogP contribution in [0.15, 0.2) is 42.5 Å². The molecule has 2 amide bonds. The van der Waals surface area contributed by atoms with E-state index in [9.17, 15) is 4.79 Å². The second-order valence-corrected chi connectivity index (χ2v) is 13.0. The van der Waals surface area contributed by atoms with E-state index in [-0.39, 0.29) is 23.0 Å². The van der Waals surface area contributed by atoms with Crippen LogP contribution in [0.1, 0.15) is 73.1 Å². The molecule has 4 bridgehead atoms. The molecule has 0 radical (unpaired) electrons. The van der Waals surface area contributed by atoms with Crippen molar-refractivity contribution < 1.29 is 4.79 Å². The van der Waals surface area contributed by atoms with Crippen LogP contribution in [0.25, 0.3) is 0 Å². The normalized spacial score (nSPS) is 37.3. The number of aryl methyl sites for hydroxylation is 2. The number of anilines is 1. The van der Waals surface area contributed by atoms with Crippen LogP contribution in [0, 0.1) is 25.7 Å². The van der Waals surface area contributed by atoms with Gasteiger partial charge in [0.25, 0.3) is 0 Å². The van der Waals surface area contributed by atoms with Gasteiger partial charge >= 0.3 is 6.03 Å². The predicted molar refractivity (Wildman–Crippen MR) is 141 cm³/mol. The fourth-order valence-electron chi connectivity index (χ4n) is 9.29. The van der Waals surface area contributed by atoms with Crippen molar-refractivity contribution in [2.45, 2.75) is 81.7 Å². The molecule has 2 aromatic carbocycles. The molecule has 8 rings (SSSR count). The van der Waals surface area contributed by atoms with Gasteiger partial charge < -0.3 is 10.2 Å². The average molecular weight is 470 g/mol. The summed E-state index contributed by atoms with van der Waals surface area (Å²) in [5, 5.41) is 3.75. The van der Waals surface area contributed by atoms with Crippen molar-refractivity contribution >= 4 is 11.7 Å². The number of nitrogens with zero attached hydrogens (tertiary/aromatic N) is 2. The van der Waals surface area contributed by atoms with Crippen LogP contribution in [0.2, 0.25) is 0 Å².